The zero-order chi connectivity index (χ0) is 10.6. The Kier molecular flexibility index (Phi) is 4.08. The largest absolute Gasteiger partial charge is 0.308 e. The second kappa shape index (κ2) is 4.89. The van der Waals surface area contributed by atoms with Crippen LogP contribution in [0.3, 0.4) is 0 Å². The highest BCUT2D eigenvalue weighted by Gasteiger charge is 2.16. The van der Waals surface area contributed by atoms with Gasteiger partial charge in [-0.25, -0.2) is 4.98 Å². The molecule has 1 unspecified atom stereocenters. The standard InChI is InChI=1S/C11H20N2S/c1-5-11(3,4)8-13-9(2)10-12-6-7-14-10/h6-7,9,13H,5,8H2,1-4H3. The van der Waals surface area contributed by atoms with Gasteiger partial charge in [0, 0.05) is 18.1 Å². The van der Waals surface area contributed by atoms with Crippen molar-refractivity contribution in [3.05, 3.63) is 16.6 Å². The van der Waals surface area contributed by atoms with Crippen molar-refractivity contribution >= 4 is 11.3 Å². The van der Waals surface area contributed by atoms with Crippen LogP contribution in [0, 0.1) is 5.41 Å². The van der Waals surface area contributed by atoms with Gasteiger partial charge in [0.15, 0.2) is 0 Å². The number of nitrogens with one attached hydrogen (secondary N) is 1. The van der Waals surface area contributed by atoms with Crippen LogP contribution < -0.4 is 5.32 Å². The summed E-state index contributed by atoms with van der Waals surface area (Å²) in [5.74, 6) is 0. The van der Waals surface area contributed by atoms with Gasteiger partial charge in [-0.15, -0.1) is 11.3 Å². The minimum absolute atomic E-state index is 0.376. The van der Waals surface area contributed by atoms with Gasteiger partial charge >= 0.3 is 0 Å². The van der Waals surface area contributed by atoms with Gasteiger partial charge in [0.05, 0.1) is 6.04 Å². The third-order valence-corrected chi connectivity index (χ3v) is 3.62. The van der Waals surface area contributed by atoms with Crippen molar-refractivity contribution in [3.8, 4) is 0 Å². The zero-order valence-electron chi connectivity index (χ0n) is 9.50. The molecule has 0 bridgehead atoms. The fraction of sp³-hybridized carbons (Fsp3) is 0.727. The molecule has 14 heavy (non-hydrogen) atoms. The molecule has 0 aliphatic carbocycles. The van der Waals surface area contributed by atoms with Crippen molar-refractivity contribution in [2.24, 2.45) is 5.41 Å². The SMILES string of the molecule is CCC(C)(C)CNC(C)c1nccs1. The lowest BCUT2D eigenvalue weighted by Crippen LogP contribution is -2.30. The Bertz CT molecular complexity index is 254. The first-order valence-corrected chi connectivity index (χ1v) is 6.06. The fourth-order valence-corrected chi connectivity index (χ4v) is 1.76. The maximum atomic E-state index is 4.30. The summed E-state index contributed by atoms with van der Waals surface area (Å²) in [6, 6.07) is 0.376. The average Bonchev–Trinajstić information content (AvgIpc) is 2.67. The number of rotatable bonds is 5. The Morgan fingerprint density at radius 1 is 1.57 bits per heavy atom. The molecule has 1 heterocycles. The van der Waals surface area contributed by atoms with Crippen LogP contribution in [0.5, 0.6) is 0 Å². The van der Waals surface area contributed by atoms with Gasteiger partial charge in [0.1, 0.15) is 5.01 Å². The molecule has 1 rings (SSSR count). The average molecular weight is 212 g/mol. The molecule has 1 aromatic rings. The Labute approximate surface area is 90.8 Å². The molecule has 0 spiro atoms. The van der Waals surface area contributed by atoms with Gasteiger partial charge in [-0.2, -0.15) is 0 Å². The Balaban J connectivity index is 2.39. The fourth-order valence-electron chi connectivity index (χ4n) is 1.09. The third kappa shape index (κ3) is 3.39. The lowest BCUT2D eigenvalue weighted by Gasteiger charge is -2.25. The van der Waals surface area contributed by atoms with Crippen molar-refractivity contribution in [2.45, 2.75) is 40.2 Å². The number of nitrogens with zero attached hydrogens (tertiary/aromatic N) is 1. The maximum absolute atomic E-state index is 4.30. The second-order valence-electron chi connectivity index (χ2n) is 4.49. The molecular weight excluding hydrogens is 192 g/mol. The van der Waals surface area contributed by atoms with Gasteiger partial charge in [-0.05, 0) is 18.8 Å². The first-order chi connectivity index (χ1) is 6.55. The van der Waals surface area contributed by atoms with Crippen LogP contribution >= 0.6 is 11.3 Å². The van der Waals surface area contributed by atoms with E-state index in [0.29, 0.717) is 11.5 Å². The number of thiazole rings is 1. The van der Waals surface area contributed by atoms with Crippen molar-refractivity contribution < 1.29 is 0 Å². The van der Waals surface area contributed by atoms with E-state index < -0.39 is 0 Å². The molecule has 0 amide bonds. The number of hydrogen-bond donors (Lipinski definition) is 1. The highest BCUT2D eigenvalue weighted by Crippen LogP contribution is 2.21. The van der Waals surface area contributed by atoms with E-state index in [0.717, 1.165) is 6.54 Å². The summed E-state index contributed by atoms with van der Waals surface area (Å²) in [7, 11) is 0. The predicted molar refractivity (Wildman–Crippen MR) is 62.6 cm³/mol. The molecule has 1 atom stereocenters. The van der Waals surface area contributed by atoms with Gasteiger partial charge in [0.2, 0.25) is 0 Å². The Morgan fingerprint density at radius 3 is 2.79 bits per heavy atom. The predicted octanol–water partition coefficient (Wildman–Crippen LogP) is 3.23. The lowest BCUT2D eigenvalue weighted by molar-refractivity contribution is 0.313. The Hall–Kier alpha value is -0.410. The van der Waals surface area contributed by atoms with Crippen molar-refractivity contribution in [1.29, 1.82) is 0 Å². The molecule has 80 valence electrons. The first-order valence-electron chi connectivity index (χ1n) is 5.18. The molecule has 0 aliphatic rings. The molecular formula is C11H20N2S. The van der Waals surface area contributed by atoms with E-state index in [9.17, 15) is 0 Å². The summed E-state index contributed by atoms with van der Waals surface area (Å²) >= 11 is 1.72. The molecule has 0 radical (unpaired) electrons. The molecule has 0 aliphatic heterocycles. The van der Waals surface area contributed by atoms with Crippen LogP contribution in [-0.2, 0) is 0 Å². The summed E-state index contributed by atoms with van der Waals surface area (Å²) < 4.78 is 0. The Morgan fingerprint density at radius 2 is 2.29 bits per heavy atom. The normalized spacial score (nSPS) is 14.3. The van der Waals surface area contributed by atoms with E-state index in [-0.39, 0.29) is 0 Å². The molecule has 0 saturated heterocycles. The smallest absolute Gasteiger partial charge is 0.109 e. The highest BCUT2D eigenvalue weighted by molar-refractivity contribution is 7.09. The van der Waals surface area contributed by atoms with Crippen LogP contribution in [0.1, 0.15) is 45.2 Å². The molecule has 1 N–H and O–H groups in total. The minimum atomic E-state index is 0.376. The second-order valence-corrected chi connectivity index (χ2v) is 5.42. The summed E-state index contributed by atoms with van der Waals surface area (Å²) in [6.07, 6.45) is 3.06. The van der Waals surface area contributed by atoms with Crippen molar-refractivity contribution in [3.63, 3.8) is 0 Å². The number of hydrogen-bond acceptors (Lipinski definition) is 3. The topological polar surface area (TPSA) is 24.9 Å². The van der Waals surface area contributed by atoms with Gasteiger partial charge in [-0.3, -0.25) is 0 Å². The van der Waals surface area contributed by atoms with Crippen LogP contribution in [-0.4, -0.2) is 11.5 Å². The van der Waals surface area contributed by atoms with E-state index >= 15 is 0 Å². The molecule has 0 fully saturated rings. The maximum Gasteiger partial charge on any atom is 0.109 e. The van der Waals surface area contributed by atoms with Crippen LogP contribution in [0.25, 0.3) is 0 Å². The summed E-state index contributed by atoms with van der Waals surface area (Å²) in [5, 5.41) is 6.73. The van der Waals surface area contributed by atoms with E-state index in [1.807, 2.05) is 11.6 Å². The van der Waals surface area contributed by atoms with E-state index in [1.165, 1.54) is 11.4 Å². The molecule has 0 aromatic carbocycles. The zero-order valence-corrected chi connectivity index (χ0v) is 10.3. The van der Waals surface area contributed by atoms with E-state index in [1.54, 1.807) is 11.3 Å². The van der Waals surface area contributed by atoms with E-state index in [2.05, 4.69) is 38.0 Å². The van der Waals surface area contributed by atoms with Crippen molar-refractivity contribution in [1.82, 2.24) is 10.3 Å². The molecule has 2 nitrogen and oxygen atoms in total. The van der Waals surface area contributed by atoms with Gasteiger partial charge < -0.3 is 5.32 Å². The van der Waals surface area contributed by atoms with E-state index in [4.69, 9.17) is 0 Å². The number of aromatic nitrogens is 1. The van der Waals surface area contributed by atoms with Crippen molar-refractivity contribution in [2.75, 3.05) is 6.54 Å². The van der Waals surface area contributed by atoms with Crippen LogP contribution in [0.15, 0.2) is 11.6 Å². The van der Waals surface area contributed by atoms with Crippen LogP contribution in [0.2, 0.25) is 0 Å². The third-order valence-electron chi connectivity index (χ3n) is 2.67. The summed E-state index contributed by atoms with van der Waals surface area (Å²) in [4.78, 5) is 4.30. The monoisotopic (exact) mass is 212 g/mol. The van der Waals surface area contributed by atoms with Gasteiger partial charge in [0.25, 0.3) is 0 Å². The summed E-state index contributed by atoms with van der Waals surface area (Å²) in [5.41, 5.74) is 0.380. The van der Waals surface area contributed by atoms with Gasteiger partial charge in [-0.1, -0.05) is 20.8 Å². The molecule has 1 aromatic heterocycles. The molecule has 3 heteroatoms. The summed E-state index contributed by atoms with van der Waals surface area (Å²) in [6.45, 7) is 10.0. The highest BCUT2D eigenvalue weighted by atomic mass is 32.1. The minimum Gasteiger partial charge on any atom is -0.308 e. The lowest BCUT2D eigenvalue weighted by atomic mass is 9.90. The quantitative estimate of drug-likeness (QED) is 0.810. The van der Waals surface area contributed by atoms with Crippen LogP contribution in [0.4, 0.5) is 0 Å². The molecule has 0 saturated carbocycles. The first kappa shape index (κ1) is 11.7.